The number of ether oxygens (including phenoxy) is 1. The molecule has 0 aromatic carbocycles. The van der Waals surface area contributed by atoms with E-state index in [1.54, 1.807) is 0 Å². The monoisotopic (exact) mass is 353 g/mol. The maximum atomic E-state index is 12.2. The number of hydrogen-bond acceptors (Lipinski definition) is 6. The largest absolute Gasteiger partial charge is 0.379 e. The molecule has 1 amide bonds. The minimum Gasteiger partial charge on any atom is -0.379 e. The zero-order valence-corrected chi connectivity index (χ0v) is 15.2. The molecule has 1 aliphatic heterocycles. The van der Waals surface area contributed by atoms with Crippen LogP contribution in [0.1, 0.15) is 37.9 Å². The predicted octanol–water partition coefficient (Wildman–Crippen LogP) is 1.36. The van der Waals surface area contributed by atoms with Crippen molar-refractivity contribution < 1.29 is 9.53 Å². The van der Waals surface area contributed by atoms with Gasteiger partial charge >= 0.3 is 0 Å². The zero-order chi connectivity index (χ0) is 16.8. The summed E-state index contributed by atoms with van der Waals surface area (Å²) >= 11 is 1.37. The summed E-state index contributed by atoms with van der Waals surface area (Å²) in [5.41, 5.74) is 0.115. The molecule has 0 radical (unpaired) electrons. The summed E-state index contributed by atoms with van der Waals surface area (Å²) in [6.07, 6.45) is 6.14. The molecule has 7 nitrogen and oxygen atoms in total. The van der Waals surface area contributed by atoms with E-state index < -0.39 is 0 Å². The summed E-state index contributed by atoms with van der Waals surface area (Å²) in [6.45, 7) is 6.14. The highest BCUT2D eigenvalue weighted by Crippen LogP contribution is 2.33. The molecular formula is C16H27N5O2S. The van der Waals surface area contributed by atoms with E-state index in [4.69, 9.17) is 4.74 Å². The first-order valence-corrected chi connectivity index (χ1v) is 9.78. The van der Waals surface area contributed by atoms with Crippen molar-refractivity contribution >= 4 is 17.7 Å². The Hall–Kier alpha value is -1.12. The lowest BCUT2D eigenvalue weighted by Crippen LogP contribution is -2.59. The van der Waals surface area contributed by atoms with Crippen molar-refractivity contribution in [2.45, 2.75) is 49.7 Å². The van der Waals surface area contributed by atoms with Gasteiger partial charge in [-0.2, -0.15) is 0 Å². The molecule has 2 aliphatic rings. The van der Waals surface area contributed by atoms with Crippen molar-refractivity contribution in [2.24, 2.45) is 0 Å². The van der Waals surface area contributed by atoms with E-state index >= 15 is 0 Å². The number of amides is 1. The maximum absolute atomic E-state index is 12.2. The number of nitrogens with one attached hydrogen (secondary N) is 2. The fourth-order valence-electron chi connectivity index (χ4n) is 3.68. The summed E-state index contributed by atoms with van der Waals surface area (Å²) in [6, 6.07) is 0. The number of rotatable bonds is 6. The smallest absolute Gasteiger partial charge is 0.230 e. The highest BCUT2D eigenvalue weighted by atomic mass is 32.2. The first kappa shape index (κ1) is 17.7. The molecule has 3 rings (SSSR count). The third-order valence-corrected chi connectivity index (χ3v) is 5.84. The van der Waals surface area contributed by atoms with Crippen molar-refractivity contribution in [3.05, 3.63) is 5.82 Å². The van der Waals surface area contributed by atoms with Crippen LogP contribution in [0.4, 0.5) is 0 Å². The fraction of sp³-hybridized carbons (Fsp3) is 0.812. The van der Waals surface area contributed by atoms with Gasteiger partial charge in [0.25, 0.3) is 0 Å². The Labute approximate surface area is 147 Å². The summed E-state index contributed by atoms with van der Waals surface area (Å²) < 4.78 is 5.50. The van der Waals surface area contributed by atoms with Crippen LogP contribution in [0.2, 0.25) is 0 Å². The van der Waals surface area contributed by atoms with Gasteiger partial charge in [-0.05, 0) is 19.8 Å². The molecule has 1 saturated heterocycles. The standard InChI is InChI=1S/C16H27N5O2S/c1-13-18-15(20-19-13)24-11-14(22)17-12-16(5-3-2-4-6-16)21-7-9-23-10-8-21/h2-12H2,1H3,(H,17,22)(H,18,19,20). The number of carbonyl (C=O) groups excluding carboxylic acids is 1. The third kappa shape index (κ3) is 4.49. The van der Waals surface area contributed by atoms with Crippen molar-refractivity contribution in [2.75, 3.05) is 38.6 Å². The van der Waals surface area contributed by atoms with Gasteiger partial charge < -0.3 is 10.1 Å². The lowest BCUT2D eigenvalue weighted by atomic mass is 9.79. The van der Waals surface area contributed by atoms with Crippen LogP contribution in [0.15, 0.2) is 5.16 Å². The first-order chi connectivity index (χ1) is 11.7. The van der Waals surface area contributed by atoms with E-state index in [1.165, 1.54) is 43.9 Å². The third-order valence-electron chi connectivity index (χ3n) is 4.99. The second-order valence-corrected chi connectivity index (χ2v) is 7.60. The number of aromatic amines is 1. The molecule has 1 aromatic heterocycles. The molecular weight excluding hydrogens is 326 g/mol. The first-order valence-electron chi connectivity index (χ1n) is 8.79. The lowest BCUT2D eigenvalue weighted by molar-refractivity contribution is -0.119. The Kier molecular flexibility index (Phi) is 6.13. The van der Waals surface area contributed by atoms with Gasteiger partial charge in [0.2, 0.25) is 11.1 Å². The number of hydrogen-bond donors (Lipinski definition) is 2. The Morgan fingerprint density at radius 1 is 1.33 bits per heavy atom. The van der Waals surface area contributed by atoms with Gasteiger partial charge in [0.15, 0.2) is 0 Å². The number of thioether (sulfide) groups is 1. The van der Waals surface area contributed by atoms with Gasteiger partial charge in [-0.3, -0.25) is 14.8 Å². The van der Waals surface area contributed by atoms with E-state index in [9.17, 15) is 4.79 Å². The topological polar surface area (TPSA) is 83.1 Å². The number of aromatic nitrogens is 3. The van der Waals surface area contributed by atoms with E-state index in [2.05, 4.69) is 25.4 Å². The van der Waals surface area contributed by atoms with Crippen LogP contribution >= 0.6 is 11.8 Å². The number of morpholine rings is 1. The van der Waals surface area contributed by atoms with Gasteiger partial charge in [-0.1, -0.05) is 31.0 Å². The van der Waals surface area contributed by atoms with Crippen LogP contribution in [0.5, 0.6) is 0 Å². The van der Waals surface area contributed by atoms with Crippen LogP contribution in [0.3, 0.4) is 0 Å². The lowest BCUT2D eigenvalue weighted by Gasteiger charge is -2.48. The van der Waals surface area contributed by atoms with Gasteiger partial charge in [0.1, 0.15) is 5.82 Å². The fourth-order valence-corrected chi connectivity index (χ4v) is 4.36. The van der Waals surface area contributed by atoms with Gasteiger partial charge in [0.05, 0.1) is 19.0 Å². The van der Waals surface area contributed by atoms with E-state index in [0.717, 1.165) is 38.7 Å². The maximum Gasteiger partial charge on any atom is 0.230 e. The molecule has 1 aromatic rings. The van der Waals surface area contributed by atoms with Crippen LogP contribution in [0.25, 0.3) is 0 Å². The van der Waals surface area contributed by atoms with Crippen molar-refractivity contribution in [1.29, 1.82) is 0 Å². The average Bonchev–Trinajstić information content (AvgIpc) is 3.05. The van der Waals surface area contributed by atoms with Crippen LogP contribution in [0, 0.1) is 6.92 Å². The second kappa shape index (κ2) is 8.31. The SMILES string of the molecule is Cc1nc(SCC(=O)NCC2(N3CCOCC3)CCCCC2)n[nH]1. The van der Waals surface area contributed by atoms with Crippen LogP contribution in [-0.2, 0) is 9.53 Å². The average molecular weight is 353 g/mol. The molecule has 0 spiro atoms. The normalized spacial score (nSPS) is 21.5. The molecule has 0 unspecified atom stereocenters. The molecule has 0 bridgehead atoms. The highest BCUT2D eigenvalue weighted by Gasteiger charge is 2.38. The van der Waals surface area contributed by atoms with E-state index in [-0.39, 0.29) is 11.4 Å². The molecule has 24 heavy (non-hydrogen) atoms. The summed E-state index contributed by atoms with van der Waals surface area (Å²) in [4.78, 5) is 19.0. The van der Waals surface area contributed by atoms with E-state index in [1.807, 2.05) is 6.92 Å². The molecule has 1 aliphatic carbocycles. The van der Waals surface area contributed by atoms with Gasteiger partial charge in [-0.25, -0.2) is 4.98 Å². The molecule has 1 saturated carbocycles. The molecule has 134 valence electrons. The molecule has 8 heteroatoms. The minimum atomic E-state index is 0.0562. The summed E-state index contributed by atoms with van der Waals surface area (Å²) in [5, 5.41) is 10.6. The second-order valence-electron chi connectivity index (χ2n) is 6.65. The Bertz CT molecular complexity index is 538. The van der Waals surface area contributed by atoms with Crippen molar-refractivity contribution in [3.63, 3.8) is 0 Å². The minimum absolute atomic E-state index is 0.0562. The van der Waals surface area contributed by atoms with Gasteiger partial charge in [0, 0.05) is 25.2 Å². The zero-order valence-electron chi connectivity index (χ0n) is 14.3. The number of carbonyl (C=O) groups is 1. The van der Waals surface area contributed by atoms with E-state index in [0.29, 0.717) is 10.9 Å². The van der Waals surface area contributed by atoms with Crippen molar-refractivity contribution in [3.8, 4) is 0 Å². The Morgan fingerprint density at radius 2 is 2.08 bits per heavy atom. The predicted molar refractivity (Wildman–Crippen MR) is 93.1 cm³/mol. The molecule has 2 heterocycles. The molecule has 0 atom stereocenters. The van der Waals surface area contributed by atoms with Crippen LogP contribution in [-0.4, -0.2) is 70.1 Å². The number of aryl methyl sites for hydroxylation is 1. The summed E-state index contributed by atoms with van der Waals surface area (Å²) in [5.74, 6) is 1.18. The Morgan fingerprint density at radius 3 is 2.75 bits per heavy atom. The molecule has 2 N–H and O–H groups in total. The van der Waals surface area contributed by atoms with Gasteiger partial charge in [-0.15, -0.1) is 5.10 Å². The van der Waals surface area contributed by atoms with Crippen LogP contribution < -0.4 is 5.32 Å². The number of H-pyrrole nitrogens is 1. The highest BCUT2D eigenvalue weighted by molar-refractivity contribution is 7.99. The quantitative estimate of drug-likeness (QED) is 0.752. The molecule has 2 fully saturated rings. The number of nitrogens with zero attached hydrogens (tertiary/aromatic N) is 3. The van der Waals surface area contributed by atoms with Crippen molar-refractivity contribution in [1.82, 2.24) is 25.4 Å². The Balaban J connectivity index is 1.51. The summed E-state index contributed by atoms with van der Waals surface area (Å²) in [7, 11) is 0.